The number of ketones is 1. The number of carbonyl (C=O) groups is 1. The van der Waals surface area contributed by atoms with Gasteiger partial charge < -0.3 is 0 Å². The maximum atomic E-state index is 11.9. The van der Waals surface area contributed by atoms with Gasteiger partial charge in [0.15, 0.2) is 0 Å². The van der Waals surface area contributed by atoms with E-state index < -0.39 is 101 Å². The minimum atomic E-state index is -4.99. The van der Waals surface area contributed by atoms with Gasteiger partial charge in [-0.1, -0.05) is 83.3 Å². The van der Waals surface area contributed by atoms with E-state index in [0.29, 0.717) is 0 Å². The first-order valence-corrected chi connectivity index (χ1v) is 5.29. The molecule has 1 heteroatoms. The predicted octanol–water partition coefficient (Wildman–Crippen LogP) is 6.06. The molecule has 19 heavy (non-hydrogen) atoms. The van der Waals surface area contributed by atoms with Crippen LogP contribution in [0.2, 0.25) is 0 Å². The third kappa shape index (κ3) is 8.44. The van der Waals surface area contributed by atoms with E-state index >= 15 is 0 Å². The van der Waals surface area contributed by atoms with Gasteiger partial charge in [-0.15, -0.1) is 0 Å². The van der Waals surface area contributed by atoms with Crippen molar-refractivity contribution in [1.82, 2.24) is 0 Å². The van der Waals surface area contributed by atoms with Crippen LogP contribution in [0.3, 0.4) is 0 Å². The van der Waals surface area contributed by atoms with E-state index in [9.17, 15) is 4.79 Å². The Morgan fingerprint density at radius 1 is 0.947 bits per heavy atom. The summed E-state index contributed by atoms with van der Waals surface area (Å²) in [5, 5.41) is 0. The van der Waals surface area contributed by atoms with Gasteiger partial charge in [-0.25, -0.2) is 0 Å². The van der Waals surface area contributed by atoms with Gasteiger partial charge in [-0.05, 0) is 12.8 Å². The quantitative estimate of drug-likeness (QED) is 0.404. The molecule has 1 aliphatic carbocycles. The summed E-state index contributed by atoms with van der Waals surface area (Å²) in [6.07, 6.45) is -61.1. The molecule has 0 aliphatic heterocycles. The minimum Gasteiger partial charge on any atom is -0.299 e. The highest BCUT2D eigenvalue weighted by Gasteiger charge is 2.26. The SMILES string of the molecule is [2H]C([2H])([2H])C([2H])([2H])C([2H])([2H])C([2H])([2H])C([2H])([2H])C([2H])([2H])C([2H])([2H])C([2H])([2H])C([2H])([2H])C([2H])([2H])C([2H])([2H])C([2H])([2H])C([2H])([2H])C([2H])([2H])C1CCC1=O. The average molecular weight is 296 g/mol. The van der Waals surface area contributed by atoms with Crippen molar-refractivity contribution < 1.29 is 44.5 Å². The lowest BCUT2D eigenvalue weighted by Gasteiger charge is -2.23. The monoisotopic (exact) mass is 295 g/mol. The Morgan fingerprint density at radius 2 is 1.47 bits per heavy atom. The predicted molar refractivity (Wildman–Crippen MR) is 83.4 cm³/mol. The van der Waals surface area contributed by atoms with Crippen LogP contribution in [0.1, 0.15) is 142 Å². The molecule has 0 aromatic carbocycles. The molecule has 0 bridgehead atoms. The van der Waals surface area contributed by atoms with Crippen molar-refractivity contribution in [2.45, 2.75) is 103 Å². The van der Waals surface area contributed by atoms with Crippen LogP contribution in [0.5, 0.6) is 0 Å². The normalized spacial score (nSPS) is 51.7. The van der Waals surface area contributed by atoms with Crippen molar-refractivity contribution in [2.75, 3.05) is 0 Å². The van der Waals surface area contributed by atoms with Crippen molar-refractivity contribution in [1.29, 1.82) is 0 Å². The van der Waals surface area contributed by atoms with Crippen molar-refractivity contribution in [2.24, 2.45) is 5.92 Å². The summed E-state index contributed by atoms with van der Waals surface area (Å²) in [5.74, 6) is -2.76. The second-order valence-corrected chi connectivity index (χ2v) is 3.20. The lowest BCUT2D eigenvalue weighted by atomic mass is 9.80. The van der Waals surface area contributed by atoms with E-state index in [1.54, 1.807) is 0 Å². The maximum absolute atomic E-state index is 11.9. The number of carbonyl (C=O) groups excluding carboxylic acids is 1. The summed E-state index contributed by atoms with van der Waals surface area (Å²) in [7, 11) is 0. The van der Waals surface area contributed by atoms with Crippen LogP contribution in [-0.4, -0.2) is 5.78 Å². The molecular weight excluding hydrogens is 232 g/mol. The molecule has 0 heterocycles. The van der Waals surface area contributed by atoms with Gasteiger partial charge in [-0.2, -0.15) is 0 Å². The van der Waals surface area contributed by atoms with E-state index in [2.05, 4.69) is 0 Å². The molecule has 1 unspecified atom stereocenters. The van der Waals surface area contributed by atoms with Crippen LogP contribution < -0.4 is 0 Å². The molecule has 112 valence electrons. The van der Waals surface area contributed by atoms with Gasteiger partial charge in [-0.3, -0.25) is 4.79 Å². The fraction of sp³-hybridized carbons (Fsp3) is 0.944. The molecule has 0 aromatic rings. The van der Waals surface area contributed by atoms with Crippen LogP contribution in [0, 0.1) is 5.92 Å². The van der Waals surface area contributed by atoms with Gasteiger partial charge in [0.2, 0.25) is 0 Å². The molecule has 0 spiro atoms. The van der Waals surface area contributed by atoms with Gasteiger partial charge >= 0.3 is 0 Å². The minimum absolute atomic E-state index is 0.259. The Kier molecular flexibility index (Phi) is 1.55. The molecule has 0 amide bonds. The summed E-state index contributed by atoms with van der Waals surface area (Å²) in [6.45, 7) is -4.06. The highest BCUT2D eigenvalue weighted by Crippen LogP contribution is 2.27. The second-order valence-electron chi connectivity index (χ2n) is 3.20. The maximum Gasteiger partial charge on any atom is 0.136 e. The van der Waals surface area contributed by atoms with E-state index in [1.807, 2.05) is 0 Å². The highest BCUT2D eigenvalue weighted by atomic mass is 16.1. The molecule has 1 aliphatic rings. The molecule has 1 rings (SSSR count). The fourth-order valence-electron chi connectivity index (χ4n) is 0.995. The lowest BCUT2D eigenvalue weighted by Crippen LogP contribution is -2.25. The van der Waals surface area contributed by atoms with Crippen LogP contribution >= 0.6 is 0 Å². The number of hydrogen-bond donors (Lipinski definition) is 0. The van der Waals surface area contributed by atoms with Crippen molar-refractivity contribution >= 4 is 5.78 Å². The Balaban J connectivity index is 3.94. The van der Waals surface area contributed by atoms with Crippen LogP contribution in [0.25, 0.3) is 0 Å². The smallest absolute Gasteiger partial charge is 0.136 e. The molecule has 0 aromatic heterocycles. The highest BCUT2D eigenvalue weighted by molar-refractivity contribution is 5.86. The molecule has 1 saturated carbocycles. The topological polar surface area (TPSA) is 17.1 Å². The van der Waals surface area contributed by atoms with Gasteiger partial charge in [0, 0.05) is 52.1 Å². The first-order chi connectivity index (χ1) is 20.3. The third-order valence-corrected chi connectivity index (χ3v) is 2.00. The van der Waals surface area contributed by atoms with Gasteiger partial charge in [0.1, 0.15) is 5.78 Å². The zero-order valence-corrected chi connectivity index (χ0v) is 9.90. The van der Waals surface area contributed by atoms with Crippen molar-refractivity contribution in [3.8, 4) is 0 Å². The zero-order chi connectivity index (χ0) is 39.6. The first kappa shape index (κ1) is 2.57. The molecule has 0 radical (unpaired) electrons. The molecule has 1 atom stereocenters. The van der Waals surface area contributed by atoms with Crippen LogP contribution in [0.4, 0.5) is 0 Å². The summed E-state index contributed by atoms with van der Waals surface area (Å²) < 4.78 is 232. The first-order valence-electron chi connectivity index (χ1n) is 19.8. The molecule has 1 fully saturated rings. The van der Waals surface area contributed by atoms with Gasteiger partial charge in [0.25, 0.3) is 0 Å². The van der Waals surface area contributed by atoms with E-state index in [1.165, 1.54) is 0 Å². The van der Waals surface area contributed by atoms with E-state index in [-0.39, 0.29) is 12.8 Å². The van der Waals surface area contributed by atoms with Gasteiger partial charge in [0.05, 0.1) is 0 Å². The van der Waals surface area contributed by atoms with E-state index in [4.69, 9.17) is 39.8 Å². The van der Waals surface area contributed by atoms with Crippen molar-refractivity contribution in [3.63, 3.8) is 0 Å². The summed E-state index contributed by atoms with van der Waals surface area (Å²) >= 11 is 0. The Hall–Kier alpha value is -0.330. The standard InChI is InChI=1S/C18H34O/c1-2-3-4-5-6-7-8-9-10-11-12-13-14-17-15-16-18(17)19/h17H,2-16H2,1H3/i1D3,2D2,3D2,4D2,5D2,6D2,7D2,8D2,9D2,10D2,11D2,12D2,13D2,14D2. The van der Waals surface area contributed by atoms with Crippen molar-refractivity contribution in [3.05, 3.63) is 0 Å². The lowest BCUT2D eigenvalue weighted by molar-refractivity contribution is -0.129. The second kappa shape index (κ2) is 11.5. The molecule has 1 nitrogen and oxygen atoms in total. The number of rotatable bonds is 13. The fourth-order valence-corrected chi connectivity index (χ4v) is 0.995. The summed E-state index contributed by atoms with van der Waals surface area (Å²) in [6, 6.07) is 0. The largest absolute Gasteiger partial charge is 0.299 e. The molecule has 0 saturated heterocycles. The van der Waals surface area contributed by atoms with Crippen LogP contribution in [-0.2, 0) is 4.79 Å². The summed E-state index contributed by atoms with van der Waals surface area (Å²) in [5.41, 5.74) is 0. The average Bonchev–Trinajstić information content (AvgIpc) is 2.85. The Bertz CT molecular complexity index is 1230. The Morgan fingerprint density at radius 3 is 1.89 bits per heavy atom. The number of hydrogen-bond acceptors (Lipinski definition) is 1. The zero-order valence-electron chi connectivity index (χ0n) is 38.9. The number of Topliss-reactive ketones (excluding diaryl/α,β-unsaturated/α-hetero) is 1. The molecular formula is C18H34O. The third-order valence-electron chi connectivity index (χ3n) is 2.00. The Labute approximate surface area is 161 Å². The molecule has 0 N–H and O–H groups in total. The van der Waals surface area contributed by atoms with Crippen LogP contribution in [0.15, 0.2) is 0 Å². The summed E-state index contributed by atoms with van der Waals surface area (Å²) in [4.78, 5) is 11.9. The van der Waals surface area contributed by atoms with E-state index in [0.717, 1.165) is 0 Å².